The Morgan fingerprint density at radius 3 is 2.18 bits per heavy atom. The van der Waals surface area contributed by atoms with Crippen molar-refractivity contribution in [1.82, 2.24) is 10.6 Å². The molecule has 100 valence electrons. The van der Waals surface area contributed by atoms with Gasteiger partial charge in [-0.25, -0.2) is 0 Å². The van der Waals surface area contributed by atoms with Crippen molar-refractivity contribution in [2.75, 3.05) is 19.6 Å². The van der Waals surface area contributed by atoms with Gasteiger partial charge in [-0.1, -0.05) is 34.6 Å². The Kier molecular flexibility index (Phi) is 4.59. The van der Waals surface area contributed by atoms with E-state index in [1.165, 1.54) is 12.8 Å². The van der Waals surface area contributed by atoms with Gasteiger partial charge in [0.25, 0.3) is 0 Å². The number of carbonyl (C=O) groups excluding carboxylic acids is 1. The maximum absolute atomic E-state index is 11.9. The fraction of sp³-hybridized carbons (Fsp3) is 0.929. The van der Waals surface area contributed by atoms with Gasteiger partial charge in [0.1, 0.15) is 0 Å². The first kappa shape index (κ1) is 14.5. The van der Waals surface area contributed by atoms with Crippen LogP contribution in [0.2, 0.25) is 0 Å². The third-order valence-corrected chi connectivity index (χ3v) is 3.83. The molecular formula is C14H28N2O. The summed E-state index contributed by atoms with van der Waals surface area (Å²) in [7, 11) is 0. The minimum absolute atomic E-state index is 0.152. The second-order valence-corrected chi connectivity index (χ2v) is 6.95. The molecule has 1 rings (SSSR count). The number of hydrogen-bond acceptors (Lipinski definition) is 2. The number of rotatable bonds is 3. The number of nitrogens with one attached hydrogen (secondary N) is 2. The molecule has 1 fully saturated rings. The van der Waals surface area contributed by atoms with Crippen LogP contribution in [0.25, 0.3) is 0 Å². The molecule has 1 aliphatic heterocycles. The van der Waals surface area contributed by atoms with Crippen molar-refractivity contribution in [1.29, 1.82) is 0 Å². The molecule has 17 heavy (non-hydrogen) atoms. The Balaban J connectivity index is 2.46. The number of carbonyl (C=O) groups is 1. The predicted molar refractivity (Wildman–Crippen MR) is 71.8 cm³/mol. The van der Waals surface area contributed by atoms with Gasteiger partial charge in [0.2, 0.25) is 5.91 Å². The maximum Gasteiger partial charge on any atom is 0.225 e. The van der Waals surface area contributed by atoms with E-state index in [9.17, 15) is 4.79 Å². The molecule has 0 saturated carbocycles. The Morgan fingerprint density at radius 1 is 1.18 bits per heavy atom. The Hall–Kier alpha value is -0.570. The van der Waals surface area contributed by atoms with Crippen LogP contribution in [0, 0.1) is 16.7 Å². The first-order valence-corrected chi connectivity index (χ1v) is 6.72. The van der Waals surface area contributed by atoms with Crippen LogP contribution in [0.15, 0.2) is 0 Å². The predicted octanol–water partition coefficient (Wildman–Crippen LogP) is 2.17. The van der Waals surface area contributed by atoms with Crippen LogP contribution in [0.4, 0.5) is 0 Å². The van der Waals surface area contributed by atoms with Crippen molar-refractivity contribution in [3.05, 3.63) is 0 Å². The highest BCUT2D eigenvalue weighted by Gasteiger charge is 2.32. The van der Waals surface area contributed by atoms with Crippen LogP contribution in [-0.4, -0.2) is 25.5 Å². The molecule has 3 nitrogen and oxygen atoms in total. The molecule has 0 atom stereocenters. The van der Waals surface area contributed by atoms with Gasteiger partial charge in [0.15, 0.2) is 0 Å². The highest BCUT2D eigenvalue weighted by molar-refractivity contribution is 5.81. The van der Waals surface area contributed by atoms with E-state index in [0.29, 0.717) is 5.92 Å². The number of amides is 1. The second kappa shape index (κ2) is 5.38. The highest BCUT2D eigenvalue weighted by Crippen LogP contribution is 2.32. The summed E-state index contributed by atoms with van der Waals surface area (Å²) in [6.45, 7) is 13.4. The van der Waals surface area contributed by atoms with Crippen LogP contribution in [-0.2, 0) is 4.79 Å². The molecule has 1 amide bonds. The van der Waals surface area contributed by atoms with Crippen LogP contribution in [0.5, 0.6) is 0 Å². The number of piperidine rings is 1. The van der Waals surface area contributed by atoms with Crippen molar-refractivity contribution in [2.45, 2.75) is 47.5 Å². The van der Waals surface area contributed by atoms with E-state index < -0.39 is 0 Å². The summed E-state index contributed by atoms with van der Waals surface area (Å²) >= 11 is 0. The van der Waals surface area contributed by atoms with E-state index in [0.717, 1.165) is 19.6 Å². The standard InChI is InChI=1S/C14H28N2O/c1-13(2,3)12(17)16-10-14(4,5)11-6-8-15-9-7-11/h11,15H,6-10H2,1-5H3,(H,16,17). The van der Waals surface area contributed by atoms with Crippen molar-refractivity contribution in [3.63, 3.8) is 0 Å². The van der Waals surface area contributed by atoms with Crippen molar-refractivity contribution >= 4 is 5.91 Å². The van der Waals surface area contributed by atoms with E-state index in [2.05, 4.69) is 24.5 Å². The molecular weight excluding hydrogens is 212 g/mol. The molecule has 0 aromatic rings. The van der Waals surface area contributed by atoms with Crippen LogP contribution >= 0.6 is 0 Å². The van der Waals surface area contributed by atoms with E-state index in [1.54, 1.807) is 0 Å². The van der Waals surface area contributed by atoms with Crippen molar-refractivity contribution in [3.8, 4) is 0 Å². The topological polar surface area (TPSA) is 41.1 Å². The SMILES string of the molecule is CC(C)(C)C(=O)NCC(C)(C)C1CCNCC1. The fourth-order valence-electron chi connectivity index (χ4n) is 2.32. The summed E-state index contributed by atoms with van der Waals surface area (Å²) in [6.07, 6.45) is 2.44. The van der Waals surface area contributed by atoms with Gasteiger partial charge in [-0.05, 0) is 37.3 Å². The minimum Gasteiger partial charge on any atom is -0.355 e. The summed E-state index contributed by atoms with van der Waals surface area (Å²) in [5.74, 6) is 0.864. The van der Waals surface area contributed by atoms with Crippen LogP contribution < -0.4 is 10.6 Å². The zero-order valence-corrected chi connectivity index (χ0v) is 12.0. The van der Waals surface area contributed by atoms with Crippen LogP contribution in [0.1, 0.15) is 47.5 Å². The molecule has 0 unspecified atom stereocenters. The first-order chi connectivity index (χ1) is 7.73. The van der Waals surface area contributed by atoms with E-state index >= 15 is 0 Å². The fourth-order valence-corrected chi connectivity index (χ4v) is 2.32. The molecule has 0 radical (unpaired) electrons. The zero-order chi connectivity index (χ0) is 13.1. The lowest BCUT2D eigenvalue weighted by Crippen LogP contribution is -2.45. The largest absolute Gasteiger partial charge is 0.355 e. The summed E-state index contributed by atoms with van der Waals surface area (Å²) < 4.78 is 0. The molecule has 0 spiro atoms. The molecule has 0 aromatic heterocycles. The average molecular weight is 240 g/mol. The molecule has 1 aliphatic rings. The molecule has 0 aromatic carbocycles. The summed E-state index contributed by atoms with van der Waals surface area (Å²) in [6, 6.07) is 0. The third kappa shape index (κ3) is 4.30. The maximum atomic E-state index is 11.9. The van der Waals surface area contributed by atoms with Gasteiger partial charge in [0.05, 0.1) is 0 Å². The quantitative estimate of drug-likeness (QED) is 0.794. The zero-order valence-electron chi connectivity index (χ0n) is 12.0. The lowest BCUT2D eigenvalue weighted by Gasteiger charge is -2.38. The number of hydrogen-bond donors (Lipinski definition) is 2. The Bertz CT molecular complexity index is 260. The van der Waals surface area contributed by atoms with Gasteiger partial charge < -0.3 is 10.6 Å². The van der Waals surface area contributed by atoms with E-state index in [4.69, 9.17) is 0 Å². The van der Waals surface area contributed by atoms with Gasteiger partial charge >= 0.3 is 0 Å². The molecule has 1 heterocycles. The van der Waals surface area contributed by atoms with E-state index in [-0.39, 0.29) is 16.7 Å². The second-order valence-electron chi connectivity index (χ2n) is 6.95. The molecule has 0 aliphatic carbocycles. The monoisotopic (exact) mass is 240 g/mol. The Labute approximate surface area is 106 Å². The molecule has 0 bridgehead atoms. The first-order valence-electron chi connectivity index (χ1n) is 6.72. The lowest BCUT2D eigenvalue weighted by atomic mass is 9.74. The lowest BCUT2D eigenvalue weighted by molar-refractivity contribution is -0.129. The Morgan fingerprint density at radius 2 is 1.71 bits per heavy atom. The molecule has 1 saturated heterocycles. The van der Waals surface area contributed by atoms with Gasteiger partial charge in [-0.2, -0.15) is 0 Å². The van der Waals surface area contributed by atoms with Crippen molar-refractivity contribution < 1.29 is 4.79 Å². The molecule has 3 heteroatoms. The summed E-state index contributed by atoms with van der Waals surface area (Å²) in [4.78, 5) is 11.9. The van der Waals surface area contributed by atoms with E-state index in [1.807, 2.05) is 20.8 Å². The average Bonchev–Trinajstić information content (AvgIpc) is 2.26. The molecule has 2 N–H and O–H groups in total. The summed E-state index contributed by atoms with van der Waals surface area (Å²) in [5, 5.41) is 6.49. The van der Waals surface area contributed by atoms with Crippen molar-refractivity contribution in [2.24, 2.45) is 16.7 Å². The smallest absolute Gasteiger partial charge is 0.225 e. The third-order valence-electron chi connectivity index (χ3n) is 3.83. The highest BCUT2D eigenvalue weighted by atomic mass is 16.2. The van der Waals surface area contributed by atoms with Gasteiger partial charge in [-0.3, -0.25) is 4.79 Å². The summed E-state index contributed by atoms with van der Waals surface area (Å²) in [5.41, 5.74) is -0.0901. The van der Waals surface area contributed by atoms with Crippen LogP contribution in [0.3, 0.4) is 0 Å². The van der Waals surface area contributed by atoms with Gasteiger partial charge in [-0.15, -0.1) is 0 Å². The van der Waals surface area contributed by atoms with Gasteiger partial charge in [0, 0.05) is 12.0 Å². The minimum atomic E-state index is -0.287. The normalized spacial score (nSPS) is 19.1.